The predicted molar refractivity (Wildman–Crippen MR) is 106 cm³/mol. The fourth-order valence-electron chi connectivity index (χ4n) is 3.16. The number of aryl methyl sites for hydroxylation is 1. The Morgan fingerprint density at radius 3 is 2.82 bits per heavy atom. The van der Waals surface area contributed by atoms with Crippen LogP contribution in [0, 0.1) is 19.7 Å². The van der Waals surface area contributed by atoms with Crippen LogP contribution in [0.1, 0.15) is 27.4 Å². The van der Waals surface area contributed by atoms with Gasteiger partial charge in [-0.3, -0.25) is 4.79 Å². The van der Waals surface area contributed by atoms with Gasteiger partial charge in [-0.05, 0) is 43.5 Å². The van der Waals surface area contributed by atoms with Crippen LogP contribution >= 0.6 is 11.3 Å². The number of hydrogen-bond acceptors (Lipinski definition) is 4. The average molecular weight is 395 g/mol. The Hall–Kier alpha value is -3.19. The molecule has 28 heavy (non-hydrogen) atoms. The normalized spacial score (nSPS) is 11.0. The monoisotopic (exact) mass is 395 g/mol. The fraction of sp³-hybridized carbons (Fsp3) is 0.143. The van der Waals surface area contributed by atoms with Crippen LogP contribution < -0.4 is 5.32 Å². The van der Waals surface area contributed by atoms with Gasteiger partial charge in [0, 0.05) is 11.4 Å². The highest BCUT2D eigenvalue weighted by molar-refractivity contribution is 7.13. The van der Waals surface area contributed by atoms with E-state index in [0.29, 0.717) is 28.5 Å². The first-order valence-electron chi connectivity index (χ1n) is 8.75. The molecule has 0 aliphatic heterocycles. The molecule has 0 fully saturated rings. The minimum atomic E-state index is -0.333. The van der Waals surface area contributed by atoms with E-state index in [1.807, 2.05) is 24.4 Å². The maximum atomic E-state index is 14.2. The molecular weight excluding hydrogens is 377 g/mol. The van der Waals surface area contributed by atoms with Crippen molar-refractivity contribution in [3.63, 3.8) is 0 Å². The van der Waals surface area contributed by atoms with Crippen LogP contribution in [-0.4, -0.2) is 15.5 Å². The summed E-state index contributed by atoms with van der Waals surface area (Å²) in [4.78, 5) is 18.0. The van der Waals surface area contributed by atoms with Crippen molar-refractivity contribution in [3.8, 4) is 16.5 Å². The summed E-state index contributed by atoms with van der Waals surface area (Å²) in [5.74, 6) is -0.0340. The lowest BCUT2D eigenvalue weighted by molar-refractivity contribution is 0.0950. The Labute approximate surface area is 165 Å². The Morgan fingerprint density at radius 1 is 1.25 bits per heavy atom. The highest BCUT2D eigenvalue weighted by Gasteiger charge is 2.18. The van der Waals surface area contributed by atoms with E-state index in [4.69, 9.17) is 4.42 Å². The van der Waals surface area contributed by atoms with Gasteiger partial charge in [0.05, 0.1) is 28.4 Å². The van der Waals surface area contributed by atoms with Gasteiger partial charge in [-0.2, -0.15) is 0 Å². The highest BCUT2D eigenvalue weighted by Crippen LogP contribution is 2.24. The van der Waals surface area contributed by atoms with E-state index in [0.717, 1.165) is 10.6 Å². The maximum absolute atomic E-state index is 14.2. The van der Waals surface area contributed by atoms with Gasteiger partial charge < -0.3 is 14.3 Å². The van der Waals surface area contributed by atoms with Crippen LogP contribution in [-0.2, 0) is 6.54 Å². The molecule has 0 aliphatic carbocycles. The highest BCUT2D eigenvalue weighted by atomic mass is 32.1. The molecule has 4 aromatic rings. The first-order chi connectivity index (χ1) is 13.5. The first kappa shape index (κ1) is 18.2. The van der Waals surface area contributed by atoms with Crippen LogP contribution in [0.25, 0.3) is 16.5 Å². The van der Waals surface area contributed by atoms with Crippen LogP contribution in [0.15, 0.2) is 58.5 Å². The maximum Gasteiger partial charge on any atom is 0.253 e. The number of hydrogen-bond donors (Lipinski definition) is 1. The van der Waals surface area contributed by atoms with Gasteiger partial charge in [0.1, 0.15) is 12.1 Å². The number of aromatic nitrogens is 2. The molecule has 5 nitrogen and oxygen atoms in total. The Bertz CT molecular complexity index is 1130. The number of thiophene rings is 1. The summed E-state index contributed by atoms with van der Waals surface area (Å²) in [6.07, 6.45) is 1.54. The van der Waals surface area contributed by atoms with Gasteiger partial charge in [0.2, 0.25) is 5.89 Å². The molecule has 7 heteroatoms. The number of nitrogens with zero attached hydrogens (tertiary/aromatic N) is 2. The number of para-hydroxylation sites is 1. The van der Waals surface area contributed by atoms with E-state index in [1.165, 1.54) is 23.7 Å². The lowest BCUT2D eigenvalue weighted by Crippen LogP contribution is -2.23. The third-order valence-electron chi connectivity index (χ3n) is 4.48. The molecule has 0 radical (unpaired) electrons. The number of benzene rings is 1. The predicted octanol–water partition coefficient (Wildman–Crippen LogP) is 4.88. The van der Waals surface area contributed by atoms with Crippen molar-refractivity contribution in [2.45, 2.75) is 20.4 Å². The van der Waals surface area contributed by atoms with E-state index in [9.17, 15) is 9.18 Å². The smallest absolute Gasteiger partial charge is 0.253 e. The molecule has 0 atom stereocenters. The van der Waals surface area contributed by atoms with E-state index >= 15 is 0 Å². The van der Waals surface area contributed by atoms with Crippen LogP contribution in [0.3, 0.4) is 0 Å². The van der Waals surface area contributed by atoms with Gasteiger partial charge in [0.15, 0.2) is 0 Å². The number of carbonyl (C=O) groups excluding carboxylic acids is 1. The van der Waals surface area contributed by atoms with Crippen molar-refractivity contribution < 1.29 is 13.6 Å². The van der Waals surface area contributed by atoms with Gasteiger partial charge in [-0.1, -0.05) is 18.2 Å². The summed E-state index contributed by atoms with van der Waals surface area (Å²) in [5.41, 5.74) is 3.03. The first-order valence-corrected chi connectivity index (χ1v) is 9.63. The van der Waals surface area contributed by atoms with E-state index in [1.54, 1.807) is 35.8 Å². The summed E-state index contributed by atoms with van der Waals surface area (Å²) < 4.78 is 21.4. The number of oxazole rings is 1. The molecule has 3 heterocycles. The summed E-state index contributed by atoms with van der Waals surface area (Å²) in [7, 11) is 0. The molecule has 0 unspecified atom stereocenters. The molecule has 1 aromatic carbocycles. The molecule has 142 valence electrons. The van der Waals surface area contributed by atoms with Crippen LogP contribution in [0.2, 0.25) is 0 Å². The topological polar surface area (TPSA) is 60.1 Å². The summed E-state index contributed by atoms with van der Waals surface area (Å²) in [6, 6.07) is 12.1. The molecule has 0 aliphatic rings. The zero-order valence-electron chi connectivity index (χ0n) is 15.4. The van der Waals surface area contributed by atoms with Gasteiger partial charge >= 0.3 is 0 Å². The Morgan fingerprint density at radius 2 is 2.07 bits per heavy atom. The van der Waals surface area contributed by atoms with Crippen molar-refractivity contribution in [1.82, 2.24) is 14.9 Å². The molecule has 0 bridgehead atoms. The van der Waals surface area contributed by atoms with Gasteiger partial charge in [-0.15, -0.1) is 11.3 Å². The number of nitrogens with one attached hydrogen (secondary N) is 1. The third-order valence-corrected chi connectivity index (χ3v) is 5.34. The minimum absolute atomic E-state index is 0.239. The molecule has 3 aromatic heterocycles. The largest absolute Gasteiger partial charge is 0.443 e. The molecular formula is C21H18FN3O2S. The average Bonchev–Trinajstić information content (AvgIpc) is 3.41. The summed E-state index contributed by atoms with van der Waals surface area (Å²) in [6.45, 7) is 3.90. The molecule has 0 saturated carbocycles. The Balaban J connectivity index is 1.52. The van der Waals surface area contributed by atoms with Crippen molar-refractivity contribution >= 4 is 17.2 Å². The van der Waals surface area contributed by atoms with E-state index in [2.05, 4.69) is 10.3 Å². The third kappa shape index (κ3) is 3.36. The lowest BCUT2D eigenvalue weighted by Gasteiger charge is -2.11. The molecule has 1 amide bonds. The SMILES string of the molecule is Cc1cc(C(=O)NCc2coc(-c3cccs3)n2)c(C)n1-c1ccccc1F. The number of amides is 1. The Kier molecular flexibility index (Phi) is 4.83. The van der Waals surface area contributed by atoms with Gasteiger partial charge in [-0.25, -0.2) is 9.37 Å². The van der Waals surface area contributed by atoms with E-state index < -0.39 is 0 Å². The van der Waals surface area contributed by atoms with Crippen LogP contribution in [0.4, 0.5) is 4.39 Å². The molecule has 1 N–H and O–H groups in total. The van der Waals surface area contributed by atoms with Crippen LogP contribution in [0.5, 0.6) is 0 Å². The van der Waals surface area contributed by atoms with Crippen molar-refractivity contribution in [1.29, 1.82) is 0 Å². The minimum Gasteiger partial charge on any atom is -0.443 e. The number of carbonyl (C=O) groups is 1. The van der Waals surface area contributed by atoms with Crippen molar-refractivity contribution in [3.05, 3.63) is 82.6 Å². The quantitative estimate of drug-likeness (QED) is 0.524. The molecule has 0 saturated heterocycles. The molecule has 4 rings (SSSR count). The van der Waals surface area contributed by atoms with Crippen molar-refractivity contribution in [2.24, 2.45) is 0 Å². The van der Waals surface area contributed by atoms with Gasteiger partial charge in [0.25, 0.3) is 5.91 Å². The second-order valence-corrected chi connectivity index (χ2v) is 7.32. The number of halogens is 1. The summed E-state index contributed by atoms with van der Waals surface area (Å²) in [5, 5.41) is 4.81. The fourth-order valence-corrected chi connectivity index (χ4v) is 3.82. The zero-order valence-corrected chi connectivity index (χ0v) is 16.2. The second kappa shape index (κ2) is 7.44. The second-order valence-electron chi connectivity index (χ2n) is 6.38. The van der Waals surface area contributed by atoms with Crippen molar-refractivity contribution in [2.75, 3.05) is 0 Å². The standard InChI is InChI=1S/C21H18FN3O2S/c1-13-10-16(14(2)25(13)18-7-4-3-6-17(18)22)20(26)23-11-15-12-27-21(24-15)19-8-5-9-28-19/h3-10,12H,11H2,1-2H3,(H,23,26). The zero-order chi connectivity index (χ0) is 19.7. The molecule has 0 spiro atoms. The summed E-state index contributed by atoms with van der Waals surface area (Å²) >= 11 is 1.54. The van der Waals surface area contributed by atoms with E-state index in [-0.39, 0.29) is 18.3 Å². The lowest BCUT2D eigenvalue weighted by atomic mass is 10.2. The number of rotatable bonds is 5.